The minimum Gasteiger partial charge on any atom is -0.370 e. The van der Waals surface area contributed by atoms with Crippen molar-refractivity contribution < 1.29 is 14.4 Å². The molecule has 0 fully saturated rings. The number of thiazole rings is 1. The molecule has 0 unspecified atom stereocenters. The number of amides is 1. The van der Waals surface area contributed by atoms with Gasteiger partial charge in [-0.05, 0) is 65.6 Å². The number of hydrogen-bond acceptors (Lipinski definition) is 6. The van der Waals surface area contributed by atoms with Crippen LogP contribution in [-0.2, 0) is 22.7 Å². The van der Waals surface area contributed by atoms with E-state index in [4.69, 9.17) is 9.82 Å². The van der Waals surface area contributed by atoms with Crippen molar-refractivity contribution >= 4 is 58.5 Å². The fourth-order valence-corrected chi connectivity index (χ4v) is 6.20. The van der Waals surface area contributed by atoms with Crippen LogP contribution in [0.25, 0.3) is 11.3 Å². The van der Waals surface area contributed by atoms with Gasteiger partial charge < -0.3 is 9.74 Å². The molecule has 3 aromatic carbocycles. The van der Waals surface area contributed by atoms with Gasteiger partial charge >= 0.3 is 5.97 Å². The van der Waals surface area contributed by atoms with E-state index in [0.717, 1.165) is 34.1 Å². The first-order valence-corrected chi connectivity index (χ1v) is 16.5. The van der Waals surface area contributed by atoms with Crippen LogP contribution in [0.5, 0.6) is 0 Å². The van der Waals surface area contributed by atoms with Crippen LogP contribution in [-0.4, -0.2) is 58.5 Å². The summed E-state index contributed by atoms with van der Waals surface area (Å²) in [7, 11) is 2.11. The summed E-state index contributed by atoms with van der Waals surface area (Å²) in [5, 5.41) is 3.74. The Labute approximate surface area is 295 Å². The van der Waals surface area contributed by atoms with Crippen LogP contribution >= 0.6 is 11.3 Å². The number of anilines is 1. The molecule has 1 aromatic heterocycles. The Kier molecular flexibility index (Phi) is 14.3. The van der Waals surface area contributed by atoms with E-state index in [0.29, 0.717) is 22.4 Å². The molecule has 0 aliphatic rings. The second kappa shape index (κ2) is 17.7. The van der Waals surface area contributed by atoms with Crippen molar-refractivity contribution in [1.29, 1.82) is 0 Å². The smallest absolute Gasteiger partial charge is 0.329 e. The zero-order valence-electron chi connectivity index (χ0n) is 27.9. The minimum atomic E-state index is -0.554. The summed E-state index contributed by atoms with van der Waals surface area (Å²) < 4.78 is 0. The van der Waals surface area contributed by atoms with Gasteiger partial charge in [0.05, 0.1) is 5.69 Å². The summed E-state index contributed by atoms with van der Waals surface area (Å²) in [5.41, 5.74) is 7.27. The van der Waals surface area contributed by atoms with E-state index in [-0.39, 0.29) is 42.0 Å². The molecule has 4 aromatic rings. The van der Waals surface area contributed by atoms with E-state index in [1.54, 1.807) is 12.1 Å². The number of rotatable bonds is 13. The molecule has 0 saturated carbocycles. The molecule has 0 spiro atoms. The first-order valence-electron chi connectivity index (χ1n) is 15.6. The SMILES string of the molecule is CCCC(CCC)c1ccc(CN(C)c2ccc(-c3csc(CN(OC(C)=O)C(=O)c4ccc(C(C)C)cc4)n3)cc2)cc1.[Na]. The van der Waals surface area contributed by atoms with Crippen LogP contribution in [0.2, 0.25) is 0 Å². The van der Waals surface area contributed by atoms with E-state index in [1.165, 1.54) is 55.1 Å². The zero-order valence-corrected chi connectivity index (χ0v) is 30.7. The Balaban J connectivity index is 0.00000552. The summed E-state index contributed by atoms with van der Waals surface area (Å²) in [6, 6.07) is 24.9. The third kappa shape index (κ3) is 10.3. The predicted molar refractivity (Wildman–Crippen MR) is 187 cm³/mol. The Hall–Kier alpha value is -2.97. The van der Waals surface area contributed by atoms with E-state index in [2.05, 4.69) is 88.2 Å². The average Bonchev–Trinajstić information content (AvgIpc) is 3.49. The molecule has 0 saturated heterocycles. The van der Waals surface area contributed by atoms with Crippen molar-refractivity contribution in [2.24, 2.45) is 0 Å². The topological polar surface area (TPSA) is 62.7 Å². The number of hydroxylamine groups is 2. The quantitative estimate of drug-likeness (QED) is 0.109. The molecule has 0 N–H and O–H groups in total. The van der Waals surface area contributed by atoms with Gasteiger partial charge in [0, 0.05) is 72.3 Å². The van der Waals surface area contributed by atoms with Gasteiger partial charge in [-0.15, -0.1) is 11.3 Å². The fourth-order valence-electron chi connectivity index (χ4n) is 5.42. The zero-order chi connectivity index (χ0) is 31.6. The van der Waals surface area contributed by atoms with Crippen molar-refractivity contribution in [2.45, 2.75) is 85.2 Å². The molecule has 1 heterocycles. The molecule has 4 rings (SSSR count). The van der Waals surface area contributed by atoms with E-state index in [1.807, 2.05) is 17.5 Å². The maximum Gasteiger partial charge on any atom is 0.329 e. The molecule has 0 aliphatic carbocycles. The number of carbonyl (C=O) groups is 2. The van der Waals surface area contributed by atoms with Crippen LogP contribution < -0.4 is 4.90 Å². The van der Waals surface area contributed by atoms with Gasteiger partial charge in [-0.2, -0.15) is 5.06 Å². The monoisotopic (exact) mass is 634 g/mol. The van der Waals surface area contributed by atoms with Gasteiger partial charge in [0.1, 0.15) is 11.6 Å². The van der Waals surface area contributed by atoms with Crippen LogP contribution in [0.15, 0.2) is 78.2 Å². The van der Waals surface area contributed by atoms with Gasteiger partial charge in [0.25, 0.3) is 5.91 Å². The third-order valence-electron chi connectivity index (χ3n) is 7.87. The van der Waals surface area contributed by atoms with Crippen molar-refractivity contribution in [2.75, 3.05) is 11.9 Å². The normalized spacial score (nSPS) is 10.9. The molecule has 0 aliphatic heterocycles. The van der Waals surface area contributed by atoms with Crippen LogP contribution in [0, 0.1) is 0 Å². The summed E-state index contributed by atoms with van der Waals surface area (Å²) in [4.78, 5) is 37.3. The molecule has 233 valence electrons. The van der Waals surface area contributed by atoms with E-state index >= 15 is 0 Å². The summed E-state index contributed by atoms with van der Waals surface area (Å²) in [5.74, 6) is 0.0820. The first kappa shape index (κ1) is 36.5. The number of hydrogen-bond donors (Lipinski definition) is 0. The van der Waals surface area contributed by atoms with E-state index < -0.39 is 5.97 Å². The van der Waals surface area contributed by atoms with Crippen molar-refractivity contribution in [3.05, 3.63) is 105 Å². The van der Waals surface area contributed by atoms with Crippen molar-refractivity contribution in [1.82, 2.24) is 10.0 Å². The fraction of sp³-hybridized carbons (Fsp3) is 0.378. The largest absolute Gasteiger partial charge is 0.370 e. The Morgan fingerprint density at radius 3 is 2.00 bits per heavy atom. The Morgan fingerprint density at radius 1 is 0.844 bits per heavy atom. The van der Waals surface area contributed by atoms with Gasteiger partial charge in [-0.1, -0.05) is 89.1 Å². The summed E-state index contributed by atoms with van der Waals surface area (Å²) in [6.07, 6.45) is 4.92. The van der Waals surface area contributed by atoms with Crippen molar-refractivity contribution in [3.8, 4) is 11.3 Å². The number of aromatic nitrogens is 1. The van der Waals surface area contributed by atoms with Crippen molar-refractivity contribution in [3.63, 3.8) is 0 Å². The second-order valence-corrected chi connectivity index (χ2v) is 12.7. The molecule has 1 radical (unpaired) electrons. The number of nitrogens with zero attached hydrogens (tertiary/aromatic N) is 3. The maximum absolute atomic E-state index is 13.2. The number of carbonyl (C=O) groups excluding carboxylic acids is 2. The van der Waals surface area contributed by atoms with Crippen LogP contribution in [0.3, 0.4) is 0 Å². The molecule has 1 amide bonds. The average molecular weight is 635 g/mol. The standard InChI is InChI=1S/C37H45N3O3S.Na/c1-7-9-30(10-8-2)31-13-11-28(12-14-31)23-39(6)34-21-19-32(20-22-34)35-25-44-36(38-35)24-40(43-27(5)41)37(42)33-17-15-29(16-18-33)26(3)4;/h11-22,25-26,30H,7-10,23-24H2,1-6H3;. The maximum atomic E-state index is 13.2. The second-order valence-electron chi connectivity index (χ2n) is 11.7. The Morgan fingerprint density at radius 2 is 1.44 bits per heavy atom. The first-order chi connectivity index (χ1) is 21.2. The van der Waals surface area contributed by atoms with Gasteiger partial charge in [0.2, 0.25) is 0 Å². The molecular formula is C37H45N3NaO3S. The van der Waals surface area contributed by atoms with Crippen LogP contribution in [0.4, 0.5) is 5.69 Å². The van der Waals surface area contributed by atoms with Gasteiger partial charge in [-0.3, -0.25) is 9.59 Å². The van der Waals surface area contributed by atoms with Gasteiger partial charge in [0.15, 0.2) is 0 Å². The predicted octanol–water partition coefficient (Wildman–Crippen LogP) is 8.99. The molecule has 0 atom stereocenters. The van der Waals surface area contributed by atoms with E-state index in [9.17, 15) is 9.59 Å². The molecule has 45 heavy (non-hydrogen) atoms. The molecule has 6 nitrogen and oxygen atoms in total. The minimum absolute atomic E-state index is 0. The Bertz CT molecular complexity index is 1500. The number of benzene rings is 3. The molecular weight excluding hydrogens is 589 g/mol. The summed E-state index contributed by atoms with van der Waals surface area (Å²) >= 11 is 1.43. The molecule has 8 heteroatoms. The summed E-state index contributed by atoms with van der Waals surface area (Å²) in [6.45, 7) is 10.9. The van der Waals surface area contributed by atoms with Crippen LogP contribution in [0.1, 0.15) is 104 Å². The van der Waals surface area contributed by atoms with Gasteiger partial charge in [-0.25, -0.2) is 4.98 Å². The third-order valence-corrected chi connectivity index (χ3v) is 8.70. The molecule has 0 bridgehead atoms.